The van der Waals surface area contributed by atoms with Crippen molar-refractivity contribution in [1.82, 2.24) is 4.90 Å². The molecule has 1 saturated heterocycles. The first-order chi connectivity index (χ1) is 10.3. The van der Waals surface area contributed by atoms with Crippen LogP contribution in [0, 0.1) is 0 Å². The van der Waals surface area contributed by atoms with Crippen LogP contribution < -0.4 is 15.4 Å². The molecule has 4 heteroatoms. The number of hydrogen-bond donors (Lipinski definition) is 1. The van der Waals surface area contributed by atoms with Gasteiger partial charge >= 0.3 is 0 Å². The lowest BCUT2D eigenvalue weighted by atomic mass is 10.2. The molecular weight excluding hydrogens is 262 g/mol. The number of ether oxygens (including phenoxy) is 1. The molecule has 21 heavy (non-hydrogen) atoms. The summed E-state index contributed by atoms with van der Waals surface area (Å²) >= 11 is 0. The van der Waals surface area contributed by atoms with Crippen LogP contribution in [-0.4, -0.2) is 50.8 Å². The van der Waals surface area contributed by atoms with Crippen molar-refractivity contribution >= 4 is 5.69 Å². The van der Waals surface area contributed by atoms with Crippen LogP contribution in [0.2, 0.25) is 0 Å². The van der Waals surface area contributed by atoms with Crippen molar-refractivity contribution in [2.24, 2.45) is 5.73 Å². The minimum Gasteiger partial charge on any atom is -0.494 e. The first kappa shape index (κ1) is 16.1. The molecule has 1 aromatic rings. The fraction of sp³-hybridized carbons (Fsp3) is 0.647. The Bertz CT molecular complexity index is 386. The van der Waals surface area contributed by atoms with Gasteiger partial charge in [-0.1, -0.05) is 13.3 Å². The third-order valence-electron chi connectivity index (χ3n) is 4.02. The first-order valence-electron chi connectivity index (χ1n) is 8.23. The van der Waals surface area contributed by atoms with E-state index >= 15 is 0 Å². The van der Waals surface area contributed by atoms with Gasteiger partial charge in [0, 0.05) is 31.9 Å². The lowest BCUT2D eigenvalue weighted by Crippen LogP contribution is -2.46. The van der Waals surface area contributed by atoms with Gasteiger partial charge in [0.25, 0.3) is 0 Å². The second-order valence-electron chi connectivity index (χ2n) is 5.67. The molecule has 1 aromatic carbocycles. The Hall–Kier alpha value is -1.26. The molecule has 1 aliphatic rings. The Balaban J connectivity index is 1.78. The summed E-state index contributed by atoms with van der Waals surface area (Å²) in [7, 11) is 0. The number of nitrogens with zero attached hydrogens (tertiary/aromatic N) is 2. The van der Waals surface area contributed by atoms with E-state index in [1.807, 2.05) is 0 Å². The molecule has 4 nitrogen and oxygen atoms in total. The summed E-state index contributed by atoms with van der Waals surface area (Å²) < 4.78 is 5.71. The third kappa shape index (κ3) is 5.21. The van der Waals surface area contributed by atoms with Crippen LogP contribution in [-0.2, 0) is 0 Å². The summed E-state index contributed by atoms with van der Waals surface area (Å²) in [4.78, 5) is 4.96. The number of hydrogen-bond acceptors (Lipinski definition) is 4. The molecule has 0 unspecified atom stereocenters. The van der Waals surface area contributed by atoms with E-state index in [0.29, 0.717) is 0 Å². The average molecular weight is 291 g/mol. The normalized spacial score (nSPS) is 16.2. The van der Waals surface area contributed by atoms with E-state index in [1.165, 1.54) is 12.1 Å². The number of rotatable bonds is 8. The van der Waals surface area contributed by atoms with Crippen molar-refractivity contribution in [2.75, 3.05) is 50.8 Å². The standard InChI is InChI=1S/C17H29N3O/c1-2-3-15-21-17-7-5-16(6-8-17)20-13-11-19(12-14-20)10-4-9-18/h5-8H,2-4,9-15,18H2,1H3. The van der Waals surface area contributed by atoms with Gasteiger partial charge in [0.05, 0.1) is 6.61 Å². The van der Waals surface area contributed by atoms with Crippen molar-refractivity contribution in [3.63, 3.8) is 0 Å². The van der Waals surface area contributed by atoms with Crippen molar-refractivity contribution in [2.45, 2.75) is 26.2 Å². The summed E-state index contributed by atoms with van der Waals surface area (Å²) in [6, 6.07) is 8.53. The number of nitrogens with two attached hydrogens (primary N) is 1. The molecule has 0 radical (unpaired) electrons. The van der Waals surface area contributed by atoms with E-state index in [1.54, 1.807) is 0 Å². The molecule has 0 saturated carbocycles. The lowest BCUT2D eigenvalue weighted by molar-refractivity contribution is 0.256. The van der Waals surface area contributed by atoms with Crippen LogP contribution in [0.3, 0.4) is 0 Å². The van der Waals surface area contributed by atoms with Gasteiger partial charge in [-0.3, -0.25) is 4.90 Å². The van der Waals surface area contributed by atoms with Crippen molar-refractivity contribution in [3.8, 4) is 5.75 Å². The van der Waals surface area contributed by atoms with Gasteiger partial charge in [-0.05, 0) is 50.2 Å². The predicted molar refractivity (Wildman–Crippen MR) is 89.2 cm³/mol. The van der Waals surface area contributed by atoms with Gasteiger partial charge in [-0.15, -0.1) is 0 Å². The van der Waals surface area contributed by atoms with Gasteiger partial charge in [0.2, 0.25) is 0 Å². The minimum atomic E-state index is 0.791. The minimum absolute atomic E-state index is 0.791. The Kier molecular flexibility index (Phi) is 6.83. The van der Waals surface area contributed by atoms with Crippen molar-refractivity contribution in [1.29, 1.82) is 0 Å². The topological polar surface area (TPSA) is 41.7 Å². The zero-order chi connectivity index (χ0) is 14.9. The van der Waals surface area contributed by atoms with Crippen molar-refractivity contribution < 1.29 is 4.74 Å². The zero-order valence-corrected chi connectivity index (χ0v) is 13.3. The molecule has 0 bridgehead atoms. The highest BCUT2D eigenvalue weighted by atomic mass is 16.5. The molecule has 0 aliphatic carbocycles. The summed E-state index contributed by atoms with van der Waals surface area (Å²) in [6.45, 7) is 9.38. The molecular formula is C17H29N3O. The second kappa shape index (κ2) is 8.90. The summed E-state index contributed by atoms with van der Waals surface area (Å²) in [5, 5.41) is 0. The molecule has 1 aliphatic heterocycles. The Morgan fingerprint density at radius 1 is 1.05 bits per heavy atom. The number of anilines is 1. The smallest absolute Gasteiger partial charge is 0.119 e. The van der Waals surface area contributed by atoms with Crippen molar-refractivity contribution in [3.05, 3.63) is 24.3 Å². The molecule has 2 rings (SSSR count). The Labute approximate surface area is 128 Å². The predicted octanol–water partition coefficient (Wildman–Crippen LogP) is 2.34. The van der Waals surface area contributed by atoms with Gasteiger partial charge < -0.3 is 15.4 Å². The van der Waals surface area contributed by atoms with E-state index in [0.717, 1.165) is 64.5 Å². The first-order valence-corrected chi connectivity index (χ1v) is 8.23. The molecule has 0 amide bonds. The average Bonchev–Trinajstić information content (AvgIpc) is 2.54. The van der Waals surface area contributed by atoms with Crippen LogP contribution >= 0.6 is 0 Å². The van der Waals surface area contributed by atoms with E-state index in [-0.39, 0.29) is 0 Å². The summed E-state index contributed by atoms with van der Waals surface area (Å²) in [5.41, 5.74) is 6.87. The summed E-state index contributed by atoms with van der Waals surface area (Å²) in [6.07, 6.45) is 3.39. The number of unbranched alkanes of at least 4 members (excludes halogenated alkanes) is 1. The highest BCUT2D eigenvalue weighted by molar-refractivity contribution is 5.49. The monoisotopic (exact) mass is 291 g/mol. The molecule has 0 aromatic heterocycles. The molecule has 0 spiro atoms. The van der Waals surface area contributed by atoms with Gasteiger partial charge in [-0.2, -0.15) is 0 Å². The quantitative estimate of drug-likeness (QED) is 0.747. The zero-order valence-electron chi connectivity index (χ0n) is 13.3. The van der Waals surface area contributed by atoms with Crippen LogP contribution in [0.4, 0.5) is 5.69 Å². The summed E-state index contributed by atoms with van der Waals surface area (Å²) in [5.74, 6) is 0.980. The maximum Gasteiger partial charge on any atom is 0.119 e. The molecule has 2 N–H and O–H groups in total. The molecule has 0 atom stereocenters. The SMILES string of the molecule is CCCCOc1ccc(N2CCN(CCCN)CC2)cc1. The highest BCUT2D eigenvalue weighted by Gasteiger charge is 2.16. The van der Waals surface area contributed by atoms with E-state index in [4.69, 9.17) is 10.5 Å². The molecule has 118 valence electrons. The fourth-order valence-corrected chi connectivity index (χ4v) is 2.63. The van der Waals surface area contributed by atoms with Crippen LogP contribution in [0.5, 0.6) is 5.75 Å². The van der Waals surface area contributed by atoms with E-state index in [2.05, 4.69) is 41.0 Å². The number of piperazine rings is 1. The van der Waals surface area contributed by atoms with Gasteiger partial charge in [0.1, 0.15) is 5.75 Å². The maximum atomic E-state index is 5.71. The van der Waals surface area contributed by atoms with Crippen LogP contribution in [0.1, 0.15) is 26.2 Å². The van der Waals surface area contributed by atoms with Gasteiger partial charge in [-0.25, -0.2) is 0 Å². The highest BCUT2D eigenvalue weighted by Crippen LogP contribution is 2.21. The lowest BCUT2D eigenvalue weighted by Gasteiger charge is -2.36. The third-order valence-corrected chi connectivity index (χ3v) is 4.02. The van der Waals surface area contributed by atoms with Crippen LogP contribution in [0.15, 0.2) is 24.3 Å². The number of benzene rings is 1. The second-order valence-corrected chi connectivity index (χ2v) is 5.67. The molecule has 1 heterocycles. The van der Waals surface area contributed by atoms with Gasteiger partial charge in [0.15, 0.2) is 0 Å². The molecule has 1 fully saturated rings. The Morgan fingerprint density at radius 2 is 1.76 bits per heavy atom. The van der Waals surface area contributed by atoms with E-state index in [9.17, 15) is 0 Å². The largest absolute Gasteiger partial charge is 0.494 e. The fourth-order valence-electron chi connectivity index (χ4n) is 2.63. The maximum absolute atomic E-state index is 5.71. The van der Waals surface area contributed by atoms with Crippen LogP contribution in [0.25, 0.3) is 0 Å². The Morgan fingerprint density at radius 3 is 2.38 bits per heavy atom. The van der Waals surface area contributed by atoms with E-state index < -0.39 is 0 Å².